The highest BCUT2D eigenvalue weighted by molar-refractivity contribution is 6.04. The molecule has 4 rings (SSSR count). The second-order valence-corrected chi connectivity index (χ2v) is 4.80. The van der Waals surface area contributed by atoms with Crippen LogP contribution in [-0.2, 0) is 0 Å². The summed E-state index contributed by atoms with van der Waals surface area (Å²) in [7, 11) is 0. The van der Waals surface area contributed by atoms with E-state index in [1.165, 1.54) is 35.0 Å². The minimum absolute atomic E-state index is 0.263. The lowest BCUT2D eigenvalue weighted by molar-refractivity contribution is 0.626. The molecule has 0 aliphatic carbocycles. The summed E-state index contributed by atoms with van der Waals surface area (Å²) >= 11 is 0. The molecule has 1 N–H and O–H groups in total. The molecule has 4 aromatic rings. The van der Waals surface area contributed by atoms with E-state index in [0.717, 1.165) is 16.4 Å². The lowest BCUT2D eigenvalue weighted by atomic mass is 10.2. The van der Waals surface area contributed by atoms with Crippen molar-refractivity contribution in [3.8, 4) is 5.69 Å². The fraction of sp³-hybridized carbons (Fsp3) is 0. The molecule has 0 amide bonds. The van der Waals surface area contributed by atoms with Crippen LogP contribution in [0.25, 0.3) is 27.6 Å². The highest BCUT2D eigenvalue weighted by atomic mass is 19.1. The summed E-state index contributed by atoms with van der Waals surface area (Å²) in [6.07, 6.45) is 0. The van der Waals surface area contributed by atoms with Crippen LogP contribution < -0.4 is 5.56 Å². The van der Waals surface area contributed by atoms with Crippen molar-refractivity contribution in [3.05, 3.63) is 70.8 Å². The first-order chi connectivity index (χ1) is 10.2. The van der Waals surface area contributed by atoms with E-state index in [9.17, 15) is 9.18 Å². The second-order valence-electron chi connectivity index (χ2n) is 4.80. The molecule has 0 saturated heterocycles. The third-order valence-corrected chi connectivity index (χ3v) is 3.45. The zero-order valence-corrected chi connectivity index (χ0v) is 10.9. The third kappa shape index (κ3) is 1.82. The Morgan fingerprint density at radius 2 is 1.76 bits per heavy atom. The fourth-order valence-corrected chi connectivity index (χ4v) is 2.46. The minimum Gasteiger partial charge on any atom is -0.353 e. The zero-order chi connectivity index (χ0) is 14.4. The van der Waals surface area contributed by atoms with Crippen LogP contribution >= 0.6 is 0 Å². The first-order valence-corrected chi connectivity index (χ1v) is 6.49. The van der Waals surface area contributed by atoms with Crippen LogP contribution in [0.4, 0.5) is 4.39 Å². The van der Waals surface area contributed by atoms with E-state index in [2.05, 4.69) is 10.1 Å². The molecule has 5 heteroatoms. The summed E-state index contributed by atoms with van der Waals surface area (Å²) in [6, 6.07) is 14.9. The number of aromatic nitrogens is 3. The van der Waals surface area contributed by atoms with Crippen LogP contribution in [0.5, 0.6) is 0 Å². The Balaban J connectivity index is 2.05. The van der Waals surface area contributed by atoms with Crippen molar-refractivity contribution >= 4 is 21.9 Å². The molecule has 0 saturated carbocycles. The van der Waals surface area contributed by atoms with Crippen LogP contribution in [-0.4, -0.2) is 14.8 Å². The van der Waals surface area contributed by atoms with Gasteiger partial charge in [0.2, 0.25) is 0 Å². The van der Waals surface area contributed by atoms with E-state index in [-0.39, 0.29) is 11.4 Å². The third-order valence-electron chi connectivity index (χ3n) is 3.45. The number of halogens is 1. The number of hydrogen-bond acceptors (Lipinski definition) is 2. The van der Waals surface area contributed by atoms with Crippen LogP contribution in [0.3, 0.4) is 0 Å². The smallest absolute Gasteiger partial charge is 0.273 e. The fourth-order valence-electron chi connectivity index (χ4n) is 2.46. The summed E-state index contributed by atoms with van der Waals surface area (Å²) in [6.45, 7) is 0. The highest BCUT2D eigenvalue weighted by Gasteiger charge is 2.09. The predicted octanol–water partition coefficient (Wildman–Crippen LogP) is 3.01. The van der Waals surface area contributed by atoms with Gasteiger partial charge in [-0.25, -0.2) is 4.39 Å². The topological polar surface area (TPSA) is 50.7 Å². The van der Waals surface area contributed by atoms with E-state index in [1.807, 2.05) is 24.3 Å². The van der Waals surface area contributed by atoms with Gasteiger partial charge in [-0.1, -0.05) is 18.2 Å². The first-order valence-electron chi connectivity index (χ1n) is 6.49. The van der Waals surface area contributed by atoms with Crippen molar-refractivity contribution in [3.63, 3.8) is 0 Å². The van der Waals surface area contributed by atoms with Crippen LogP contribution in [0.2, 0.25) is 0 Å². The zero-order valence-electron chi connectivity index (χ0n) is 10.9. The molecular formula is C16H10FN3O. The van der Waals surface area contributed by atoms with E-state index >= 15 is 0 Å². The quantitative estimate of drug-likeness (QED) is 0.582. The maximum Gasteiger partial charge on any atom is 0.273 e. The lowest BCUT2D eigenvalue weighted by Gasteiger charge is -2.04. The number of H-pyrrole nitrogens is 1. The Kier molecular flexibility index (Phi) is 2.41. The number of rotatable bonds is 1. The van der Waals surface area contributed by atoms with Gasteiger partial charge in [0.05, 0.1) is 11.2 Å². The second kappa shape index (κ2) is 4.28. The number of fused-ring (bicyclic) bond motifs is 3. The maximum absolute atomic E-state index is 13.0. The minimum atomic E-state index is -0.347. The monoisotopic (exact) mass is 279 g/mol. The first kappa shape index (κ1) is 11.8. The van der Waals surface area contributed by atoms with Crippen molar-refractivity contribution < 1.29 is 4.39 Å². The summed E-state index contributed by atoms with van der Waals surface area (Å²) in [5, 5.41) is 5.36. The lowest BCUT2D eigenvalue weighted by Crippen LogP contribution is -2.19. The average molecular weight is 279 g/mol. The number of nitrogens with zero attached hydrogens (tertiary/aromatic N) is 2. The van der Waals surface area contributed by atoms with Gasteiger partial charge in [0, 0.05) is 17.0 Å². The number of nitrogens with one attached hydrogen (secondary N) is 1. The molecule has 0 unspecified atom stereocenters. The molecule has 2 aromatic heterocycles. The molecular weight excluding hydrogens is 269 g/mol. The van der Waals surface area contributed by atoms with Gasteiger partial charge >= 0.3 is 0 Å². The molecule has 0 atom stereocenters. The van der Waals surface area contributed by atoms with Crippen molar-refractivity contribution in [2.75, 3.05) is 0 Å². The van der Waals surface area contributed by atoms with Gasteiger partial charge in [0.15, 0.2) is 0 Å². The molecule has 2 aromatic carbocycles. The number of para-hydroxylation sites is 1. The number of hydrogen-bond donors (Lipinski definition) is 1. The van der Waals surface area contributed by atoms with Crippen molar-refractivity contribution in [1.29, 1.82) is 0 Å². The van der Waals surface area contributed by atoms with E-state index in [1.54, 1.807) is 0 Å². The number of benzene rings is 2. The molecule has 0 radical (unpaired) electrons. The van der Waals surface area contributed by atoms with Crippen LogP contribution in [0.15, 0.2) is 59.4 Å². The Morgan fingerprint density at radius 1 is 1.00 bits per heavy atom. The van der Waals surface area contributed by atoms with E-state index < -0.39 is 0 Å². The Morgan fingerprint density at radius 3 is 2.57 bits per heavy atom. The molecule has 0 bridgehead atoms. The van der Waals surface area contributed by atoms with Gasteiger partial charge in [-0.05, 0) is 30.3 Å². The van der Waals surface area contributed by atoms with Gasteiger partial charge in [-0.15, -0.1) is 0 Å². The van der Waals surface area contributed by atoms with E-state index in [4.69, 9.17) is 0 Å². The largest absolute Gasteiger partial charge is 0.353 e. The van der Waals surface area contributed by atoms with Gasteiger partial charge < -0.3 is 4.98 Å². The molecule has 4 nitrogen and oxygen atoms in total. The standard InChI is InChI=1S/C16H10FN3O/c17-10-5-7-11(8-6-10)20-15(21)9-14-16(19-20)12-3-1-2-4-13(12)18-14/h1-9,18H. The van der Waals surface area contributed by atoms with Crippen molar-refractivity contribution in [2.24, 2.45) is 0 Å². The SMILES string of the molecule is O=c1cc2[nH]c3ccccc3c2nn1-c1ccc(F)cc1. The van der Waals surface area contributed by atoms with Gasteiger partial charge in [-0.2, -0.15) is 9.78 Å². The Bertz CT molecular complexity index is 1020. The Hall–Kier alpha value is -2.95. The van der Waals surface area contributed by atoms with Crippen LogP contribution in [0, 0.1) is 5.82 Å². The molecule has 0 aliphatic heterocycles. The normalized spacial score (nSPS) is 11.3. The summed E-state index contributed by atoms with van der Waals surface area (Å²) < 4.78 is 14.3. The van der Waals surface area contributed by atoms with E-state index in [0.29, 0.717) is 11.2 Å². The average Bonchev–Trinajstić information content (AvgIpc) is 2.84. The summed E-state index contributed by atoms with van der Waals surface area (Å²) in [5.74, 6) is -0.347. The molecule has 0 fully saturated rings. The van der Waals surface area contributed by atoms with Crippen molar-refractivity contribution in [2.45, 2.75) is 0 Å². The Labute approximate surface area is 118 Å². The van der Waals surface area contributed by atoms with Gasteiger partial charge in [-0.3, -0.25) is 4.79 Å². The summed E-state index contributed by atoms with van der Waals surface area (Å²) in [5.41, 5.74) is 2.61. The molecule has 102 valence electrons. The predicted molar refractivity (Wildman–Crippen MR) is 79.2 cm³/mol. The molecule has 0 spiro atoms. The highest BCUT2D eigenvalue weighted by Crippen LogP contribution is 2.22. The van der Waals surface area contributed by atoms with Crippen molar-refractivity contribution in [1.82, 2.24) is 14.8 Å². The molecule has 2 heterocycles. The molecule has 0 aliphatic rings. The number of aromatic amines is 1. The maximum atomic E-state index is 13.0. The van der Waals surface area contributed by atoms with Gasteiger partial charge in [0.1, 0.15) is 11.3 Å². The van der Waals surface area contributed by atoms with Crippen LogP contribution in [0.1, 0.15) is 0 Å². The summed E-state index contributed by atoms with van der Waals surface area (Å²) in [4.78, 5) is 15.4. The molecule has 21 heavy (non-hydrogen) atoms. The van der Waals surface area contributed by atoms with Gasteiger partial charge in [0.25, 0.3) is 5.56 Å².